The van der Waals surface area contributed by atoms with E-state index < -0.39 is 23.5 Å². The van der Waals surface area contributed by atoms with Crippen LogP contribution in [0.3, 0.4) is 0 Å². The van der Waals surface area contributed by atoms with Crippen LogP contribution in [-0.2, 0) is 27.3 Å². The Bertz CT molecular complexity index is 1670. The number of ether oxygens (including phenoxy) is 1. The molecule has 1 aliphatic rings. The first-order valence-electron chi connectivity index (χ1n) is 12.3. The van der Waals surface area contributed by atoms with E-state index in [1.807, 2.05) is 30.3 Å². The molecule has 12 nitrogen and oxygen atoms in total. The highest BCUT2D eigenvalue weighted by Gasteiger charge is 2.24. The molecule has 3 heterocycles. The van der Waals surface area contributed by atoms with E-state index in [0.29, 0.717) is 32.8 Å². The minimum Gasteiger partial charge on any atom is -0.468 e. The number of nitrogens with one attached hydrogen (secondary N) is 3. The maximum atomic E-state index is 13.5. The monoisotopic (exact) mass is 594 g/mol. The van der Waals surface area contributed by atoms with Gasteiger partial charge in [-0.25, -0.2) is 4.98 Å². The summed E-state index contributed by atoms with van der Waals surface area (Å²) in [4.78, 5) is 43.1. The van der Waals surface area contributed by atoms with Gasteiger partial charge in [0, 0.05) is 29.3 Å². The van der Waals surface area contributed by atoms with Gasteiger partial charge in [0.1, 0.15) is 17.7 Å². The topological polar surface area (TPSA) is 135 Å². The molecule has 0 saturated carbocycles. The fourth-order valence-corrected chi connectivity index (χ4v) is 4.54. The molecule has 0 fully saturated rings. The smallest absolute Gasteiger partial charge is 0.327 e. The first-order chi connectivity index (χ1) is 19.8. The van der Waals surface area contributed by atoms with E-state index in [9.17, 15) is 14.4 Å². The van der Waals surface area contributed by atoms with Gasteiger partial charge in [-0.15, -0.1) is 5.53 Å². The first-order valence-corrected chi connectivity index (χ1v) is 13.1. The molecule has 1 atom stereocenters. The Labute approximate surface area is 244 Å². The summed E-state index contributed by atoms with van der Waals surface area (Å²) in [6.07, 6.45) is 6.10. The number of anilines is 2. The van der Waals surface area contributed by atoms with Crippen LogP contribution in [0.1, 0.15) is 11.6 Å². The van der Waals surface area contributed by atoms with Crippen molar-refractivity contribution >= 4 is 46.5 Å². The molecular formula is C27H24Cl2N8O4. The largest absolute Gasteiger partial charge is 0.468 e. The van der Waals surface area contributed by atoms with E-state index >= 15 is 0 Å². The zero-order chi connectivity index (χ0) is 28.9. The quantitative estimate of drug-likeness (QED) is 0.197. The molecule has 5 rings (SSSR count). The number of nitrogens with zero attached hydrogens (tertiary/aromatic N) is 5. The van der Waals surface area contributed by atoms with Gasteiger partial charge in [0.2, 0.25) is 5.91 Å². The molecule has 210 valence electrons. The highest BCUT2D eigenvalue weighted by Crippen LogP contribution is 2.32. The summed E-state index contributed by atoms with van der Waals surface area (Å²) in [5, 5.41) is 9.31. The molecule has 1 amide bonds. The van der Waals surface area contributed by atoms with Crippen LogP contribution >= 0.6 is 23.2 Å². The Kier molecular flexibility index (Phi) is 8.34. The van der Waals surface area contributed by atoms with Crippen LogP contribution in [0.15, 0.2) is 89.5 Å². The number of aromatic nitrogens is 4. The van der Waals surface area contributed by atoms with Crippen molar-refractivity contribution in [3.05, 3.63) is 106 Å². The fourth-order valence-electron chi connectivity index (χ4n) is 4.23. The zero-order valence-electron chi connectivity index (χ0n) is 21.6. The highest BCUT2D eigenvalue weighted by molar-refractivity contribution is 6.31. The maximum Gasteiger partial charge on any atom is 0.327 e. The molecule has 0 unspecified atom stereocenters. The van der Waals surface area contributed by atoms with Gasteiger partial charge >= 0.3 is 5.97 Å². The first kappa shape index (κ1) is 27.9. The molecule has 41 heavy (non-hydrogen) atoms. The Morgan fingerprint density at radius 3 is 2.63 bits per heavy atom. The van der Waals surface area contributed by atoms with E-state index in [1.54, 1.807) is 29.4 Å². The van der Waals surface area contributed by atoms with Crippen LogP contribution in [0.4, 0.5) is 11.4 Å². The van der Waals surface area contributed by atoms with Crippen LogP contribution < -0.4 is 26.8 Å². The fraction of sp³-hybridized carbons (Fsp3) is 0.148. The van der Waals surface area contributed by atoms with E-state index in [0.717, 1.165) is 5.56 Å². The zero-order valence-corrected chi connectivity index (χ0v) is 23.1. The lowest BCUT2D eigenvalue weighted by Gasteiger charge is -2.21. The molecule has 0 saturated heterocycles. The number of esters is 1. The van der Waals surface area contributed by atoms with Gasteiger partial charge in [-0.05, 0) is 23.8 Å². The predicted octanol–water partition coefficient (Wildman–Crippen LogP) is 3.22. The Morgan fingerprint density at radius 1 is 1.12 bits per heavy atom. The molecule has 0 spiro atoms. The molecular weight excluding hydrogens is 571 g/mol. The average Bonchev–Trinajstić information content (AvgIpc) is 3.60. The lowest BCUT2D eigenvalue weighted by Crippen LogP contribution is -2.36. The van der Waals surface area contributed by atoms with Crippen molar-refractivity contribution in [2.75, 3.05) is 17.4 Å². The van der Waals surface area contributed by atoms with Gasteiger partial charge in [-0.1, -0.05) is 53.5 Å². The van der Waals surface area contributed by atoms with Crippen molar-refractivity contribution in [1.29, 1.82) is 0 Å². The molecule has 0 aliphatic carbocycles. The SMILES string of the molecule is COC(=O)Cn1cc(NC(=O)[C@H](Cc2ccccc2)n2cnc(-c3cc(Cl)ccc3N3C=C(Cl)NN3)cc2=O)cn1. The second-order valence-electron chi connectivity index (χ2n) is 8.96. The molecule has 4 aromatic rings. The van der Waals surface area contributed by atoms with Gasteiger partial charge in [0.25, 0.3) is 5.56 Å². The van der Waals surface area contributed by atoms with Crippen molar-refractivity contribution in [3.63, 3.8) is 0 Å². The molecule has 2 aromatic heterocycles. The second kappa shape index (κ2) is 12.3. The number of carbonyl (C=O) groups excluding carboxylic acids is 2. The number of halogens is 2. The molecule has 1 aliphatic heterocycles. The van der Waals surface area contributed by atoms with Crippen molar-refractivity contribution in [3.8, 4) is 11.3 Å². The molecule has 0 radical (unpaired) electrons. The lowest BCUT2D eigenvalue weighted by molar-refractivity contribution is -0.141. The molecule has 0 bridgehead atoms. The summed E-state index contributed by atoms with van der Waals surface area (Å²) in [6, 6.07) is 14.9. The Balaban J connectivity index is 1.46. The number of carbonyl (C=O) groups is 2. The normalized spacial score (nSPS) is 13.3. The number of amides is 1. The summed E-state index contributed by atoms with van der Waals surface area (Å²) in [5.41, 5.74) is 8.00. The van der Waals surface area contributed by atoms with E-state index in [1.165, 1.54) is 41.1 Å². The maximum absolute atomic E-state index is 13.5. The average molecular weight is 595 g/mol. The van der Waals surface area contributed by atoms with E-state index in [2.05, 4.69) is 31.1 Å². The summed E-state index contributed by atoms with van der Waals surface area (Å²) in [6.45, 7) is -0.110. The third-order valence-electron chi connectivity index (χ3n) is 6.20. The summed E-state index contributed by atoms with van der Waals surface area (Å²) in [5.74, 6) is -0.942. The number of rotatable bonds is 9. The van der Waals surface area contributed by atoms with Crippen LogP contribution in [0.25, 0.3) is 11.3 Å². The molecule has 2 aromatic carbocycles. The molecule has 14 heteroatoms. The van der Waals surface area contributed by atoms with E-state index in [4.69, 9.17) is 23.2 Å². The minimum absolute atomic E-state index is 0.110. The summed E-state index contributed by atoms with van der Waals surface area (Å²) < 4.78 is 7.27. The number of methoxy groups -OCH3 is 1. The highest BCUT2D eigenvalue weighted by atomic mass is 35.5. The van der Waals surface area contributed by atoms with Crippen LogP contribution in [0, 0.1) is 0 Å². The van der Waals surface area contributed by atoms with Gasteiger partial charge < -0.3 is 10.1 Å². The van der Waals surface area contributed by atoms with Crippen molar-refractivity contribution in [1.82, 2.24) is 30.3 Å². The van der Waals surface area contributed by atoms with Crippen molar-refractivity contribution in [2.45, 2.75) is 19.0 Å². The van der Waals surface area contributed by atoms with Gasteiger partial charge in [-0.3, -0.25) is 34.1 Å². The minimum atomic E-state index is -0.944. The second-order valence-corrected chi connectivity index (χ2v) is 9.81. The third-order valence-corrected chi connectivity index (χ3v) is 6.63. The number of hydrogen-bond acceptors (Lipinski definition) is 9. The number of benzene rings is 2. The van der Waals surface area contributed by atoms with Crippen molar-refractivity contribution in [2.24, 2.45) is 0 Å². The predicted molar refractivity (Wildman–Crippen MR) is 154 cm³/mol. The van der Waals surface area contributed by atoms with Crippen LogP contribution in [-0.4, -0.2) is 38.3 Å². The Hall–Kier alpha value is -4.65. The summed E-state index contributed by atoms with van der Waals surface area (Å²) in [7, 11) is 1.28. The van der Waals surface area contributed by atoms with Gasteiger partial charge in [0.05, 0.1) is 42.9 Å². The van der Waals surface area contributed by atoms with Gasteiger partial charge in [-0.2, -0.15) is 5.10 Å². The molecule has 3 N–H and O–H groups in total. The lowest BCUT2D eigenvalue weighted by atomic mass is 10.0. The number of hydrazine groups is 2. The third kappa shape index (κ3) is 6.57. The van der Waals surface area contributed by atoms with Crippen LogP contribution in [0.2, 0.25) is 5.02 Å². The van der Waals surface area contributed by atoms with Crippen molar-refractivity contribution < 1.29 is 14.3 Å². The van der Waals surface area contributed by atoms with Crippen LogP contribution in [0.5, 0.6) is 0 Å². The van der Waals surface area contributed by atoms with E-state index in [-0.39, 0.29) is 13.0 Å². The van der Waals surface area contributed by atoms with Gasteiger partial charge in [0.15, 0.2) is 0 Å². The number of hydrogen-bond donors (Lipinski definition) is 3. The Morgan fingerprint density at radius 2 is 1.93 bits per heavy atom. The summed E-state index contributed by atoms with van der Waals surface area (Å²) >= 11 is 12.3. The standard InChI is InChI=1S/C27H24Cl2N8O4/c1-41-26(39)15-35-13-19(12-31-35)32-27(40)23(9-17-5-3-2-4-6-17)36-16-30-21(11-25(36)38)20-10-18(28)7-8-22(20)37-14-24(29)33-34-37/h2-8,10-14,16,23,33-34H,9,15H2,1H3,(H,32,40)/t23-/m0/s1.